The van der Waals surface area contributed by atoms with Crippen LogP contribution in [-0.4, -0.2) is 18.9 Å². The summed E-state index contributed by atoms with van der Waals surface area (Å²) in [7, 11) is 0. The maximum absolute atomic E-state index is 10.9. The summed E-state index contributed by atoms with van der Waals surface area (Å²) in [5, 5.41) is 3.44. The predicted octanol–water partition coefficient (Wildman–Crippen LogP) is 1.52. The number of hydrogen-bond donors (Lipinski definition) is 1. The van der Waals surface area contributed by atoms with Gasteiger partial charge in [0.25, 0.3) is 0 Å². The lowest BCUT2D eigenvalue weighted by Crippen LogP contribution is -2.37. The summed E-state index contributed by atoms with van der Waals surface area (Å²) >= 11 is 0. The number of carbonyl (C=O) groups is 1. The fourth-order valence-electron chi connectivity index (χ4n) is 1.78. The van der Waals surface area contributed by atoms with Crippen molar-refractivity contribution in [3.63, 3.8) is 0 Å². The molecule has 2 aliphatic carbocycles. The van der Waals surface area contributed by atoms with Crippen molar-refractivity contribution < 1.29 is 4.79 Å². The second kappa shape index (κ2) is 3.26. The molecular weight excluding hydrogens is 162 g/mol. The first-order valence-electron chi connectivity index (χ1n) is 5.13. The molecule has 0 saturated heterocycles. The van der Waals surface area contributed by atoms with Crippen LogP contribution in [0.1, 0.15) is 25.7 Å². The molecule has 0 aliphatic heterocycles. The van der Waals surface area contributed by atoms with Crippen LogP contribution in [0.3, 0.4) is 0 Å². The molecule has 0 aromatic heterocycles. The molecule has 0 heterocycles. The fourth-order valence-corrected chi connectivity index (χ4v) is 1.78. The first-order chi connectivity index (χ1) is 6.30. The number of hydrogen-bond acceptors (Lipinski definition) is 2. The first-order valence-corrected chi connectivity index (χ1v) is 5.13. The molecule has 1 N–H and O–H groups in total. The van der Waals surface area contributed by atoms with Gasteiger partial charge in [0.1, 0.15) is 6.29 Å². The van der Waals surface area contributed by atoms with E-state index in [1.807, 2.05) is 6.08 Å². The molecule has 72 valence electrons. The van der Waals surface area contributed by atoms with Gasteiger partial charge in [-0.15, -0.1) is 6.58 Å². The first kappa shape index (κ1) is 8.95. The van der Waals surface area contributed by atoms with E-state index in [0.717, 1.165) is 31.6 Å². The second-order valence-corrected chi connectivity index (χ2v) is 4.42. The number of rotatable bonds is 6. The molecule has 2 heteroatoms. The molecule has 1 unspecified atom stereocenters. The van der Waals surface area contributed by atoms with Crippen molar-refractivity contribution in [1.29, 1.82) is 0 Å². The van der Waals surface area contributed by atoms with Crippen molar-refractivity contribution in [3.05, 3.63) is 12.7 Å². The molecule has 2 aliphatic rings. The highest BCUT2D eigenvalue weighted by Gasteiger charge is 2.48. The zero-order chi connectivity index (χ0) is 9.31. The molecule has 2 saturated carbocycles. The zero-order valence-electron chi connectivity index (χ0n) is 7.96. The maximum Gasteiger partial charge on any atom is 0.128 e. The van der Waals surface area contributed by atoms with Crippen LogP contribution in [0.25, 0.3) is 0 Å². The Bertz CT molecular complexity index is 216. The highest BCUT2D eigenvalue weighted by Crippen LogP contribution is 2.47. The SMILES string of the molecule is C=CC(NCC1CC1)C1(C=O)CC1. The average molecular weight is 179 g/mol. The predicted molar refractivity (Wildman–Crippen MR) is 52.4 cm³/mol. The molecule has 2 rings (SSSR count). The average Bonchev–Trinajstić information content (AvgIpc) is 3.01. The van der Waals surface area contributed by atoms with Gasteiger partial charge in [0.2, 0.25) is 0 Å². The molecule has 0 bridgehead atoms. The lowest BCUT2D eigenvalue weighted by atomic mass is 9.98. The van der Waals surface area contributed by atoms with E-state index in [9.17, 15) is 4.79 Å². The molecule has 0 radical (unpaired) electrons. The normalized spacial score (nSPS) is 26.5. The van der Waals surface area contributed by atoms with Crippen molar-refractivity contribution >= 4 is 6.29 Å². The summed E-state index contributed by atoms with van der Waals surface area (Å²) in [6.07, 6.45) is 7.77. The minimum absolute atomic E-state index is 0.0867. The number of nitrogens with one attached hydrogen (secondary N) is 1. The Morgan fingerprint density at radius 1 is 1.54 bits per heavy atom. The van der Waals surface area contributed by atoms with Gasteiger partial charge in [-0.2, -0.15) is 0 Å². The van der Waals surface area contributed by atoms with Gasteiger partial charge in [0, 0.05) is 11.5 Å². The van der Waals surface area contributed by atoms with Crippen LogP contribution >= 0.6 is 0 Å². The fraction of sp³-hybridized carbons (Fsp3) is 0.727. The molecule has 0 aromatic rings. The Morgan fingerprint density at radius 3 is 2.62 bits per heavy atom. The standard InChI is InChI=1S/C11H17NO/c1-2-10(11(8-13)5-6-11)12-7-9-3-4-9/h2,8-10,12H,1,3-7H2. The highest BCUT2D eigenvalue weighted by atomic mass is 16.1. The number of carbonyl (C=O) groups excluding carboxylic acids is 1. The number of aldehydes is 1. The highest BCUT2D eigenvalue weighted by molar-refractivity contribution is 5.65. The zero-order valence-corrected chi connectivity index (χ0v) is 7.96. The van der Waals surface area contributed by atoms with Crippen LogP contribution in [0, 0.1) is 11.3 Å². The van der Waals surface area contributed by atoms with E-state index in [4.69, 9.17) is 0 Å². The molecule has 1 atom stereocenters. The summed E-state index contributed by atoms with van der Waals surface area (Å²) in [5.41, 5.74) is -0.0867. The monoisotopic (exact) mass is 179 g/mol. The van der Waals surface area contributed by atoms with Crippen LogP contribution in [-0.2, 0) is 4.79 Å². The molecule has 13 heavy (non-hydrogen) atoms. The Morgan fingerprint density at radius 2 is 2.23 bits per heavy atom. The van der Waals surface area contributed by atoms with Gasteiger partial charge in [0.15, 0.2) is 0 Å². The van der Waals surface area contributed by atoms with Crippen LogP contribution in [0.5, 0.6) is 0 Å². The maximum atomic E-state index is 10.9. The van der Waals surface area contributed by atoms with Crippen LogP contribution in [0.4, 0.5) is 0 Å². The summed E-state index contributed by atoms with van der Waals surface area (Å²) in [6, 6.07) is 0.214. The largest absolute Gasteiger partial charge is 0.309 e. The van der Waals surface area contributed by atoms with E-state index in [0.29, 0.717) is 0 Å². The molecular formula is C11H17NO. The van der Waals surface area contributed by atoms with E-state index in [2.05, 4.69) is 11.9 Å². The van der Waals surface area contributed by atoms with E-state index in [-0.39, 0.29) is 11.5 Å². The van der Waals surface area contributed by atoms with Gasteiger partial charge in [0.05, 0.1) is 0 Å². The van der Waals surface area contributed by atoms with Crippen molar-refractivity contribution in [1.82, 2.24) is 5.32 Å². The molecule has 2 nitrogen and oxygen atoms in total. The van der Waals surface area contributed by atoms with Gasteiger partial charge in [-0.05, 0) is 38.1 Å². The minimum Gasteiger partial charge on any atom is -0.309 e. The molecule has 0 aromatic carbocycles. The van der Waals surface area contributed by atoms with E-state index < -0.39 is 0 Å². The molecule has 2 fully saturated rings. The van der Waals surface area contributed by atoms with Crippen molar-refractivity contribution in [2.45, 2.75) is 31.7 Å². The third-order valence-electron chi connectivity index (χ3n) is 3.24. The van der Waals surface area contributed by atoms with Gasteiger partial charge in [-0.1, -0.05) is 6.08 Å². The molecule has 0 amide bonds. The van der Waals surface area contributed by atoms with Crippen LogP contribution in [0.15, 0.2) is 12.7 Å². The van der Waals surface area contributed by atoms with Crippen molar-refractivity contribution in [2.24, 2.45) is 11.3 Å². The Balaban J connectivity index is 1.84. The van der Waals surface area contributed by atoms with Crippen LogP contribution in [0.2, 0.25) is 0 Å². The van der Waals surface area contributed by atoms with Gasteiger partial charge in [-0.3, -0.25) is 0 Å². The van der Waals surface area contributed by atoms with Gasteiger partial charge in [-0.25, -0.2) is 0 Å². The Hall–Kier alpha value is -0.630. The Labute approximate surface area is 79.4 Å². The lowest BCUT2D eigenvalue weighted by Gasteiger charge is -2.19. The summed E-state index contributed by atoms with van der Waals surface area (Å²) in [5.74, 6) is 0.866. The summed E-state index contributed by atoms with van der Waals surface area (Å²) < 4.78 is 0. The topological polar surface area (TPSA) is 29.1 Å². The lowest BCUT2D eigenvalue weighted by molar-refractivity contribution is -0.112. The minimum atomic E-state index is -0.0867. The summed E-state index contributed by atoms with van der Waals surface area (Å²) in [4.78, 5) is 10.9. The second-order valence-electron chi connectivity index (χ2n) is 4.42. The van der Waals surface area contributed by atoms with Crippen molar-refractivity contribution in [2.75, 3.05) is 6.54 Å². The van der Waals surface area contributed by atoms with E-state index in [1.165, 1.54) is 12.8 Å². The van der Waals surface area contributed by atoms with Gasteiger partial charge < -0.3 is 10.1 Å². The van der Waals surface area contributed by atoms with Crippen LogP contribution < -0.4 is 5.32 Å². The van der Waals surface area contributed by atoms with E-state index in [1.54, 1.807) is 0 Å². The van der Waals surface area contributed by atoms with Crippen molar-refractivity contribution in [3.8, 4) is 0 Å². The third-order valence-corrected chi connectivity index (χ3v) is 3.24. The summed E-state index contributed by atoms with van der Waals surface area (Å²) in [6.45, 7) is 4.85. The molecule has 0 spiro atoms. The quantitative estimate of drug-likeness (QED) is 0.495. The van der Waals surface area contributed by atoms with E-state index >= 15 is 0 Å². The van der Waals surface area contributed by atoms with Gasteiger partial charge >= 0.3 is 0 Å². The smallest absolute Gasteiger partial charge is 0.128 e. The Kier molecular flexibility index (Phi) is 2.24. The third kappa shape index (κ3) is 1.83.